The van der Waals surface area contributed by atoms with E-state index in [0.717, 1.165) is 6.42 Å². The highest BCUT2D eigenvalue weighted by molar-refractivity contribution is 5.99. The minimum atomic E-state index is -0.425. The van der Waals surface area contributed by atoms with Gasteiger partial charge in [-0.15, -0.1) is 5.10 Å². The maximum absolute atomic E-state index is 12.8. The molecule has 0 N–H and O–H groups in total. The SMILES string of the molecule is O=C1CCCC2=C1[C@@H](c1ccco1)c1c(ncn3nc(-c4ccco4)nc13)O2. The summed E-state index contributed by atoms with van der Waals surface area (Å²) in [7, 11) is 0. The fourth-order valence-electron chi connectivity index (χ4n) is 3.97. The molecule has 8 nitrogen and oxygen atoms in total. The normalized spacial score (nSPS) is 18.9. The summed E-state index contributed by atoms with van der Waals surface area (Å²) in [5.41, 5.74) is 1.87. The first-order valence-electron chi connectivity index (χ1n) is 9.06. The molecule has 0 radical (unpaired) electrons. The molecule has 0 unspecified atom stereocenters. The molecule has 4 aromatic rings. The first-order chi connectivity index (χ1) is 13.8. The Morgan fingerprint density at radius 2 is 2.00 bits per heavy atom. The van der Waals surface area contributed by atoms with E-state index in [1.165, 1.54) is 0 Å². The van der Waals surface area contributed by atoms with Crippen LogP contribution in [0.1, 0.15) is 36.5 Å². The molecule has 6 rings (SSSR count). The summed E-state index contributed by atoms with van der Waals surface area (Å²) in [6, 6.07) is 7.24. The average molecular weight is 374 g/mol. The van der Waals surface area contributed by atoms with Crippen molar-refractivity contribution in [2.24, 2.45) is 0 Å². The lowest BCUT2D eigenvalue weighted by Gasteiger charge is -2.30. The number of ether oxygens (including phenoxy) is 1. The molecule has 8 heteroatoms. The molecule has 0 aromatic carbocycles. The lowest BCUT2D eigenvalue weighted by atomic mass is 9.80. The van der Waals surface area contributed by atoms with Crippen LogP contribution >= 0.6 is 0 Å². The second-order valence-electron chi connectivity index (χ2n) is 6.81. The summed E-state index contributed by atoms with van der Waals surface area (Å²) in [5, 5.41) is 4.46. The lowest BCUT2D eigenvalue weighted by Crippen LogP contribution is -2.26. The van der Waals surface area contributed by atoms with Gasteiger partial charge < -0.3 is 13.6 Å². The second-order valence-corrected chi connectivity index (χ2v) is 6.81. The van der Waals surface area contributed by atoms with Crippen molar-refractivity contribution in [3.8, 4) is 17.5 Å². The third-order valence-electron chi connectivity index (χ3n) is 5.16. The van der Waals surface area contributed by atoms with Crippen LogP contribution in [0.25, 0.3) is 17.2 Å². The van der Waals surface area contributed by atoms with Crippen LogP contribution in [-0.2, 0) is 4.79 Å². The monoisotopic (exact) mass is 374 g/mol. The van der Waals surface area contributed by atoms with E-state index in [1.807, 2.05) is 12.1 Å². The summed E-state index contributed by atoms with van der Waals surface area (Å²) in [4.78, 5) is 21.9. The fourth-order valence-corrected chi connectivity index (χ4v) is 3.97. The number of ketones is 1. The minimum absolute atomic E-state index is 0.0704. The molecule has 1 aliphatic carbocycles. The molecule has 138 valence electrons. The van der Waals surface area contributed by atoms with Gasteiger partial charge in [-0.3, -0.25) is 4.79 Å². The van der Waals surface area contributed by atoms with E-state index in [2.05, 4.69) is 15.1 Å². The second kappa shape index (κ2) is 5.66. The standard InChI is InChI=1S/C20H14N4O4/c25-11-4-1-5-13-15(11)16(12-6-2-8-26-12)17-19-22-18(14-7-3-9-27-14)23-24(19)10-21-20(17)28-13/h2-3,6-10,16H,1,4-5H2/t16-/m1/s1. The van der Waals surface area contributed by atoms with Gasteiger partial charge in [-0.25, -0.2) is 14.5 Å². The van der Waals surface area contributed by atoms with Crippen molar-refractivity contribution in [3.05, 3.63) is 65.8 Å². The Labute approximate surface area is 158 Å². The van der Waals surface area contributed by atoms with Crippen LogP contribution < -0.4 is 4.74 Å². The zero-order chi connectivity index (χ0) is 18.7. The first-order valence-corrected chi connectivity index (χ1v) is 9.06. The molecule has 1 atom stereocenters. The molecule has 28 heavy (non-hydrogen) atoms. The predicted octanol–water partition coefficient (Wildman–Crippen LogP) is 3.51. The Balaban J connectivity index is 1.63. The number of hydrogen-bond acceptors (Lipinski definition) is 7. The van der Waals surface area contributed by atoms with Gasteiger partial charge in [0, 0.05) is 18.4 Å². The van der Waals surface area contributed by atoms with E-state index in [1.54, 1.807) is 35.5 Å². The Bertz CT molecular complexity index is 1230. The van der Waals surface area contributed by atoms with Crippen LogP contribution in [0.2, 0.25) is 0 Å². The number of nitrogens with zero attached hydrogens (tertiary/aromatic N) is 4. The highest BCUT2D eigenvalue weighted by Crippen LogP contribution is 2.47. The summed E-state index contributed by atoms with van der Waals surface area (Å²) in [6.45, 7) is 0. The predicted molar refractivity (Wildman–Crippen MR) is 95.5 cm³/mol. The van der Waals surface area contributed by atoms with E-state index in [-0.39, 0.29) is 5.78 Å². The Kier molecular flexibility index (Phi) is 3.11. The molecular weight excluding hydrogens is 360 g/mol. The largest absolute Gasteiger partial charge is 0.468 e. The fraction of sp³-hybridized carbons (Fsp3) is 0.200. The Hall–Kier alpha value is -3.68. The lowest BCUT2D eigenvalue weighted by molar-refractivity contribution is -0.116. The molecule has 4 aromatic heterocycles. The molecular formula is C20H14N4O4. The van der Waals surface area contributed by atoms with Crippen LogP contribution in [0.4, 0.5) is 0 Å². The van der Waals surface area contributed by atoms with Crippen molar-refractivity contribution in [2.45, 2.75) is 25.2 Å². The van der Waals surface area contributed by atoms with Gasteiger partial charge in [-0.2, -0.15) is 0 Å². The van der Waals surface area contributed by atoms with Gasteiger partial charge in [0.1, 0.15) is 17.8 Å². The minimum Gasteiger partial charge on any atom is -0.468 e. The molecule has 2 aliphatic rings. The van der Waals surface area contributed by atoms with Crippen LogP contribution in [0.15, 0.2) is 63.3 Å². The number of allylic oxidation sites excluding steroid dienone is 2. The van der Waals surface area contributed by atoms with Gasteiger partial charge >= 0.3 is 0 Å². The van der Waals surface area contributed by atoms with Crippen LogP contribution in [0, 0.1) is 0 Å². The Morgan fingerprint density at radius 1 is 1.11 bits per heavy atom. The van der Waals surface area contributed by atoms with Crippen molar-refractivity contribution in [2.75, 3.05) is 0 Å². The number of Topliss-reactive ketones (excluding diaryl/α,β-unsaturated/α-hetero) is 1. The summed E-state index contributed by atoms with van der Waals surface area (Å²) >= 11 is 0. The van der Waals surface area contributed by atoms with E-state index in [4.69, 9.17) is 13.6 Å². The smallest absolute Gasteiger partial charge is 0.228 e. The van der Waals surface area contributed by atoms with Crippen molar-refractivity contribution in [1.82, 2.24) is 19.6 Å². The first kappa shape index (κ1) is 15.4. The molecule has 5 heterocycles. The maximum Gasteiger partial charge on any atom is 0.228 e. The molecule has 0 bridgehead atoms. The average Bonchev–Trinajstić information content (AvgIpc) is 3.47. The molecule has 0 saturated heterocycles. The Morgan fingerprint density at radius 3 is 2.82 bits per heavy atom. The van der Waals surface area contributed by atoms with E-state index < -0.39 is 5.92 Å². The van der Waals surface area contributed by atoms with Gasteiger partial charge in [0.05, 0.1) is 24.0 Å². The van der Waals surface area contributed by atoms with Crippen LogP contribution in [0.3, 0.4) is 0 Å². The third-order valence-corrected chi connectivity index (χ3v) is 5.16. The van der Waals surface area contributed by atoms with Gasteiger partial charge in [0.25, 0.3) is 0 Å². The topological polar surface area (TPSA) is 95.7 Å². The third kappa shape index (κ3) is 2.11. The van der Waals surface area contributed by atoms with Crippen molar-refractivity contribution in [1.29, 1.82) is 0 Å². The van der Waals surface area contributed by atoms with Crippen LogP contribution in [-0.4, -0.2) is 25.4 Å². The quantitative estimate of drug-likeness (QED) is 0.530. The van der Waals surface area contributed by atoms with Gasteiger partial charge in [0.2, 0.25) is 11.7 Å². The summed E-state index contributed by atoms with van der Waals surface area (Å²) in [5.74, 6) is 2.40. The van der Waals surface area contributed by atoms with E-state index >= 15 is 0 Å². The molecule has 0 fully saturated rings. The number of aromatic nitrogens is 4. The number of hydrogen-bond donors (Lipinski definition) is 0. The number of carbonyl (C=O) groups excluding carboxylic acids is 1. The highest BCUT2D eigenvalue weighted by Gasteiger charge is 2.41. The van der Waals surface area contributed by atoms with Crippen molar-refractivity contribution >= 4 is 11.4 Å². The van der Waals surface area contributed by atoms with E-state index in [9.17, 15) is 4.79 Å². The van der Waals surface area contributed by atoms with Gasteiger partial charge in [0.15, 0.2) is 17.2 Å². The molecule has 0 saturated carbocycles. The number of fused-ring (bicyclic) bond motifs is 3. The maximum atomic E-state index is 12.8. The van der Waals surface area contributed by atoms with Crippen LogP contribution in [0.5, 0.6) is 5.88 Å². The zero-order valence-corrected chi connectivity index (χ0v) is 14.7. The highest BCUT2D eigenvalue weighted by atomic mass is 16.5. The van der Waals surface area contributed by atoms with Gasteiger partial charge in [-0.05, 0) is 30.7 Å². The number of furan rings is 2. The van der Waals surface area contributed by atoms with Gasteiger partial charge in [-0.1, -0.05) is 0 Å². The summed E-state index contributed by atoms with van der Waals surface area (Å²) in [6.07, 6.45) is 6.70. The number of rotatable bonds is 2. The molecule has 0 spiro atoms. The molecule has 1 aliphatic heterocycles. The molecule has 0 amide bonds. The van der Waals surface area contributed by atoms with E-state index in [0.29, 0.717) is 58.6 Å². The summed E-state index contributed by atoms with van der Waals surface area (Å²) < 4.78 is 18.8. The number of carbonyl (C=O) groups is 1. The zero-order valence-electron chi connectivity index (χ0n) is 14.7. The van der Waals surface area contributed by atoms with Crippen molar-refractivity contribution in [3.63, 3.8) is 0 Å². The van der Waals surface area contributed by atoms with Crippen molar-refractivity contribution < 1.29 is 18.4 Å².